The minimum Gasteiger partial charge on any atom is -0.444 e. The molecule has 3 aromatic rings. The average Bonchev–Trinajstić information content (AvgIpc) is 3.62. The Kier molecular flexibility index (Phi) is 9.18. The van der Waals surface area contributed by atoms with E-state index >= 15 is 4.39 Å². The van der Waals surface area contributed by atoms with E-state index in [0.29, 0.717) is 67.8 Å². The van der Waals surface area contributed by atoms with Crippen LogP contribution in [0.2, 0.25) is 0 Å². The highest BCUT2D eigenvalue weighted by Gasteiger charge is 2.38. The maximum Gasteiger partial charge on any atom is 0.410 e. The highest BCUT2D eigenvalue weighted by atomic mass is 19.1. The fraction of sp³-hybridized carbons (Fsp3) is 0.571. The molecule has 3 fully saturated rings. The lowest BCUT2D eigenvalue weighted by molar-refractivity contribution is -0.00934. The van der Waals surface area contributed by atoms with Gasteiger partial charge in [0.15, 0.2) is 5.65 Å². The van der Waals surface area contributed by atoms with Crippen molar-refractivity contribution in [2.75, 3.05) is 75.8 Å². The summed E-state index contributed by atoms with van der Waals surface area (Å²) in [4.78, 5) is 51.5. The van der Waals surface area contributed by atoms with Gasteiger partial charge in [-0.05, 0) is 76.4 Å². The number of hydrogen-bond acceptors (Lipinski definition) is 9. The van der Waals surface area contributed by atoms with E-state index in [1.807, 2.05) is 32.9 Å². The van der Waals surface area contributed by atoms with E-state index in [1.165, 1.54) is 6.20 Å². The molecule has 49 heavy (non-hydrogen) atoms. The number of piperidine rings is 1. The number of fused-ring (bicyclic) bond motifs is 2. The average molecular weight is 677 g/mol. The predicted molar refractivity (Wildman–Crippen MR) is 181 cm³/mol. The number of benzene rings is 1. The number of nitrogens with one attached hydrogen (secondary N) is 1. The Morgan fingerprint density at radius 3 is 2.61 bits per heavy atom. The summed E-state index contributed by atoms with van der Waals surface area (Å²) in [6, 6.07) is 5.43. The molecule has 13 nitrogen and oxygen atoms in total. The van der Waals surface area contributed by atoms with Crippen LogP contribution in [-0.2, 0) is 16.0 Å². The van der Waals surface area contributed by atoms with Gasteiger partial charge in [-0.2, -0.15) is 5.10 Å². The number of amides is 3. The molecule has 7 rings (SSSR count). The lowest BCUT2D eigenvalue weighted by Crippen LogP contribution is -2.55. The molecule has 6 heterocycles. The molecule has 0 radical (unpaired) electrons. The predicted octanol–water partition coefficient (Wildman–Crippen LogP) is 3.69. The molecule has 262 valence electrons. The van der Waals surface area contributed by atoms with Crippen molar-refractivity contribution in [2.24, 2.45) is 11.8 Å². The van der Waals surface area contributed by atoms with Crippen LogP contribution in [0.3, 0.4) is 0 Å². The first-order chi connectivity index (χ1) is 23.5. The van der Waals surface area contributed by atoms with Crippen molar-refractivity contribution in [1.29, 1.82) is 0 Å². The summed E-state index contributed by atoms with van der Waals surface area (Å²) in [5, 5.41) is 7.29. The molecular formula is C35H45FN8O5. The molecule has 0 spiro atoms. The Morgan fingerprint density at radius 2 is 1.88 bits per heavy atom. The molecule has 4 aliphatic rings. The van der Waals surface area contributed by atoms with E-state index in [-0.39, 0.29) is 36.9 Å². The molecule has 3 amide bonds. The first kappa shape index (κ1) is 33.2. The third-order valence-corrected chi connectivity index (χ3v) is 9.89. The summed E-state index contributed by atoms with van der Waals surface area (Å²) in [6.45, 7) is 12.1. The second kappa shape index (κ2) is 13.5. The van der Waals surface area contributed by atoms with E-state index in [1.54, 1.807) is 32.8 Å². The van der Waals surface area contributed by atoms with E-state index in [9.17, 15) is 14.4 Å². The van der Waals surface area contributed by atoms with Crippen LogP contribution in [0, 0.1) is 11.8 Å². The van der Waals surface area contributed by atoms with Crippen molar-refractivity contribution >= 4 is 34.9 Å². The van der Waals surface area contributed by atoms with Crippen molar-refractivity contribution in [3.05, 3.63) is 53.5 Å². The second-order valence-electron chi connectivity index (χ2n) is 14.6. The number of halogens is 1. The molecule has 0 aliphatic carbocycles. The highest BCUT2D eigenvalue weighted by Crippen LogP contribution is 2.36. The third-order valence-electron chi connectivity index (χ3n) is 9.89. The normalized spacial score (nSPS) is 20.0. The topological polar surface area (TPSA) is 125 Å². The maximum absolute atomic E-state index is 15.8. The Morgan fingerprint density at radius 1 is 1.12 bits per heavy atom. The third kappa shape index (κ3) is 7.20. The number of morpholine rings is 1. The van der Waals surface area contributed by atoms with E-state index in [2.05, 4.69) is 25.2 Å². The smallest absolute Gasteiger partial charge is 0.410 e. The van der Waals surface area contributed by atoms with Crippen LogP contribution in [0.4, 0.5) is 20.6 Å². The molecule has 1 aromatic carbocycles. The van der Waals surface area contributed by atoms with Gasteiger partial charge in [-0.15, -0.1) is 0 Å². The van der Waals surface area contributed by atoms with Gasteiger partial charge in [-0.25, -0.2) is 18.7 Å². The molecule has 0 unspecified atom stereocenters. The number of hydrogen-bond donors (Lipinski definition) is 1. The number of carbonyl (C=O) groups is 3. The van der Waals surface area contributed by atoms with Crippen molar-refractivity contribution in [3.8, 4) is 0 Å². The first-order valence-electron chi connectivity index (χ1n) is 17.3. The molecule has 2 aromatic heterocycles. The van der Waals surface area contributed by atoms with Gasteiger partial charge in [0.2, 0.25) is 0 Å². The van der Waals surface area contributed by atoms with E-state index in [0.717, 1.165) is 43.7 Å². The van der Waals surface area contributed by atoms with Gasteiger partial charge in [0.1, 0.15) is 17.3 Å². The minimum atomic E-state index is -1.13. The molecule has 1 N–H and O–H groups in total. The van der Waals surface area contributed by atoms with E-state index < -0.39 is 11.8 Å². The number of carbonyl (C=O) groups excluding carboxylic acids is 3. The number of rotatable bonds is 8. The van der Waals surface area contributed by atoms with Gasteiger partial charge >= 0.3 is 6.09 Å². The van der Waals surface area contributed by atoms with Crippen LogP contribution in [0.15, 0.2) is 36.8 Å². The lowest BCUT2D eigenvalue weighted by Gasteiger charge is -2.43. The maximum atomic E-state index is 15.8. The van der Waals surface area contributed by atoms with Gasteiger partial charge in [-0.1, -0.05) is 0 Å². The largest absolute Gasteiger partial charge is 0.444 e. The van der Waals surface area contributed by atoms with Crippen LogP contribution in [-0.4, -0.2) is 125 Å². The zero-order valence-electron chi connectivity index (χ0n) is 28.4. The Bertz CT molecular complexity index is 1710. The number of nitrogens with zero attached hydrogens (tertiary/aromatic N) is 7. The SMILES string of the molecule is CC(C)(C)OC(=O)N1CC(CN2CCC([C@H](F)CN3Cc4cc(NC(=O)c5cnn6cccnc56)c(N5CCOCC5)cc4C3=O)CC2)C1. The summed E-state index contributed by atoms with van der Waals surface area (Å²) in [7, 11) is 0. The molecule has 4 aliphatic heterocycles. The van der Waals surface area contributed by atoms with Crippen LogP contribution in [0.1, 0.15) is 59.9 Å². The van der Waals surface area contributed by atoms with Crippen molar-refractivity contribution in [3.63, 3.8) is 0 Å². The number of anilines is 2. The van der Waals surface area contributed by atoms with Crippen molar-refractivity contribution in [2.45, 2.75) is 51.9 Å². The monoisotopic (exact) mass is 676 g/mol. The van der Waals surface area contributed by atoms with Crippen LogP contribution in [0.25, 0.3) is 5.65 Å². The first-order valence-corrected chi connectivity index (χ1v) is 17.3. The molecule has 0 saturated carbocycles. The summed E-state index contributed by atoms with van der Waals surface area (Å²) in [6.07, 6.45) is 4.90. The van der Waals surface area contributed by atoms with Gasteiger partial charge in [0.05, 0.1) is 37.3 Å². The fourth-order valence-electron chi connectivity index (χ4n) is 7.28. The van der Waals surface area contributed by atoms with Crippen molar-refractivity contribution in [1.82, 2.24) is 29.3 Å². The summed E-state index contributed by atoms with van der Waals surface area (Å²) >= 11 is 0. The number of alkyl halides is 1. The summed E-state index contributed by atoms with van der Waals surface area (Å²) < 4.78 is 28.4. The van der Waals surface area contributed by atoms with Gasteiger partial charge in [0.25, 0.3) is 11.8 Å². The van der Waals surface area contributed by atoms with Gasteiger partial charge in [-0.3, -0.25) is 9.59 Å². The number of ether oxygens (including phenoxy) is 2. The quantitative estimate of drug-likeness (QED) is 0.381. The Balaban J connectivity index is 0.962. The number of aromatic nitrogens is 3. The zero-order chi connectivity index (χ0) is 34.3. The molecular weight excluding hydrogens is 631 g/mol. The number of likely N-dealkylation sites (tertiary alicyclic amines) is 2. The zero-order valence-corrected chi connectivity index (χ0v) is 28.4. The van der Waals surface area contributed by atoms with Gasteiger partial charge in [0, 0.05) is 63.1 Å². The molecule has 3 saturated heterocycles. The van der Waals surface area contributed by atoms with Crippen LogP contribution >= 0.6 is 0 Å². The summed E-state index contributed by atoms with van der Waals surface area (Å²) in [5.74, 6) is -0.254. The molecule has 14 heteroatoms. The summed E-state index contributed by atoms with van der Waals surface area (Å²) in [5.41, 5.74) is 2.91. The Hall–Kier alpha value is -4.30. The Labute approximate surface area is 285 Å². The minimum absolute atomic E-state index is 0.0360. The molecule has 1 atom stereocenters. The second-order valence-corrected chi connectivity index (χ2v) is 14.6. The lowest BCUT2D eigenvalue weighted by atomic mass is 9.90. The molecule has 0 bridgehead atoms. The van der Waals surface area contributed by atoms with Crippen LogP contribution < -0.4 is 10.2 Å². The van der Waals surface area contributed by atoms with Crippen molar-refractivity contribution < 1.29 is 28.2 Å². The highest BCUT2D eigenvalue weighted by molar-refractivity contribution is 6.10. The van der Waals surface area contributed by atoms with Gasteiger partial charge < -0.3 is 34.4 Å². The standard InChI is InChI=1S/C35H45FN8O5/c1-35(2,3)49-34(47)43-19-23(20-43)18-40-9-5-24(6-10-40)28(36)22-42-21-25-15-29(30(16-26(25)33(42)46)41-11-13-48-14-12-41)39-32(45)27-17-38-44-8-4-7-37-31(27)44/h4,7-8,15-17,23-24,28H,5-6,9-14,18-22H2,1-3H3,(H,39,45)/t28-/m1/s1. The van der Waals surface area contributed by atoms with Crippen LogP contribution in [0.5, 0.6) is 0 Å². The fourth-order valence-corrected chi connectivity index (χ4v) is 7.28. The van der Waals surface area contributed by atoms with E-state index in [4.69, 9.17) is 9.47 Å².